The number of aryl methyl sites for hydroxylation is 2. The van der Waals surface area contributed by atoms with Crippen molar-refractivity contribution < 1.29 is 9.84 Å². The molecule has 17 heavy (non-hydrogen) atoms. The molecule has 1 aromatic rings. The quantitative estimate of drug-likeness (QED) is 0.706. The largest absolute Gasteiger partial charge is 0.394 e. The summed E-state index contributed by atoms with van der Waals surface area (Å²) in [5.41, 5.74) is 2.17. The lowest BCUT2D eigenvalue weighted by Gasteiger charge is -2.07. The first-order valence-electron chi connectivity index (χ1n) is 5.81. The van der Waals surface area contributed by atoms with Crippen LogP contribution in [0.3, 0.4) is 0 Å². The van der Waals surface area contributed by atoms with E-state index in [0.29, 0.717) is 13.2 Å². The van der Waals surface area contributed by atoms with E-state index in [1.54, 1.807) is 0 Å². The number of aliphatic hydroxyl groups excluding tert-OH is 1. The van der Waals surface area contributed by atoms with Gasteiger partial charge in [-0.15, -0.1) is 0 Å². The number of halogens is 1. The van der Waals surface area contributed by atoms with Gasteiger partial charge in [0.25, 0.3) is 0 Å². The van der Waals surface area contributed by atoms with Gasteiger partial charge in [0.15, 0.2) is 0 Å². The second-order valence-electron chi connectivity index (χ2n) is 3.67. The van der Waals surface area contributed by atoms with Crippen molar-refractivity contribution in [2.45, 2.75) is 26.9 Å². The van der Waals surface area contributed by atoms with Crippen LogP contribution in [0.4, 0.5) is 0 Å². The molecule has 0 saturated heterocycles. The molecule has 98 valence electrons. The Labute approximate surface area is 110 Å². The molecule has 6 heteroatoms. The third-order valence-electron chi connectivity index (χ3n) is 2.40. The number of aromatic nitrogens is 2. The Bertz CT molecular complexity index is 342. The van der Waals surface area contributed by atoms with Gasteiger partial charge < -0.3 is 15.2 Å². The fourth-order valence-electron chi connectivity index (χ4n) is 1.56. The molecule has 0 aliphatic rings. The number of nitrogens with zero attached hydrogens (tertiary/aromatic N) is 2. The maximum atomic E-state index is 8.55. The summed E-state index contributed by atoms with van der Waals surface area (Å²) in [5.74, 6) is 0. The van der Waals surface area contributed by atoms with Crippen LogP contribution < -0.4 is 5.32 Å². The van der Waals surface area contributed by atoms with Crippen LogP contribution in [0.1, 0.15) is 18.3 Å². The van der Waals surface area contributed by atoms with Gasteiger partial charge in [-0.2, -0.15) is 5.10 Å². The standard InChI is InChI=1S/C11H20BrN3O2/c1-3-15-10(11(12)9(2)14-15)8-13-4-6-17-7-5-16/h13,16H,3-8H2,1-2H3. The zero-order valence-corrected chi connectivity index (χ0v) is 12.0. The molecule has 0 atom stereocenters. The van der Waals surface area contributed by atoms with E-state index in [9.17, 15) is 0 Å². The zero-order valence-electron chi connectivity index (χ0n) is 10.4. The van der Waals surface area contributed by atoms with Gasteiger partial charge in [-0.3, -0.25) is 4.68 Å². The molecule has 0 aliphatic carbocycles. The molecule has 0 aromatic carbocycles. The van der Waals surface area contributed by atoms with Crippen molar-refractivity contribution in [1.82, 2.24) is 15.1 Å². The first-order chi connectivity index (χ1) is 8.20. The minimum Gasteiger partial charge on any atom is -0.394 e. The molecule has 2 N–H and O–H groups in total. The van der Waals surface area contributed by atoms with Gasteiger partial charge >= 0.3 is 0 Å². The summed E-state index contributed by atoms with van der Waals surface area (Å²) in [6.07, 6.45) is 0. The smallest absolute Gasteiger partial charge is 0.0739 e. The number of ether oxygens (including phenoxy) is 1. The summed E-state index contributed by atoms with van der Waals surface area (Å²) in [6, 6.07) is 0. The maximum Gasteiger partial charge on any atom is 0.0739 e. The molecule has 0 bridgehead atoms. The molecule has 0 radical (unpaired) electrons. The zero-order chi connectivity index (χ0) is 12.7. The molecule has 0 spiro atoms. The van der Waals surface area contributed by atoms with E-state index < -0.39 is 0 Å². The van der Waals surface area contributed by atoms with Crippen molar-refractivity contribution in [2.24, 2.45) is 0 Å². The van der Waals surface area contributed by atoms with Gasteiger partial charge in [0.2, 0.25) is 0 Å². The summed E-state index contributed by atoms with van der Waals surface area (Å²) in [4.78, 5) is 0. The second kappa shape index (κ2) is 7.81. The van der Waals surface area contributed by atoms with Gasteiger partial charge in [-0.25, -0.2) is 0 Å². The molecule has 1 rings (SSSR count). The fourth-order valence-corrected chi connectivity index (χ4v) is 1.98. The number of hydrogen-bond acceptors (Lipinski definition) is 4. The van der Waals surface area contributed by atoms with Crippen molar-refractivity contribution >= 4 is 15.9 Å². The lowest BCUT2D eigenvalue weighted by molar-refractivity contribution is 0.0937. The van der Waals surface area contributed by atoms with E-state index in [2.05, 4.69) is 33.3 Å². The van der Waals surface area contributed by atoms with E-state index in [4.69, 9.17) is 9.84 Å². The van der Waals surface area contributed by atoms with E-state index in [-0.39, 0.29) is 6.61 Å². The number of nitrogens with one attached hydrogen (secondary N) is 1. The van der Waals surface area contributed by atoms with Gasteiger partial charge in [0, 0.05) is 19.6 Å². The predicted octanol–water partition coefficient (Wildman–Crippen LogP) is 1.07. The maximum absolute atomic E-state index is 8.55. The van der Waals surface area contributed by atoms with Crippen LogP contribution in [-0.2, 0) is 17.8 Å². The molecule has 0 amide bonds. The first kappa shape index (κ1) is 14.6. The molecule has 1 heterocycles. The van der Waals surface area contributed by atoms with Gasteiger partial charge in [-0.1, -0.05) is 0 Å². The third kappa shape index (κ3) is 4.39. The van der Waals surface area contributed by atoms with Crippen LogP contribution in [0.15, 0.2) is 4.47 Å². The van der Waals surface area contributed by atoms with E-state index in [0.717, 1.165) is 35.5 Å². The van der Waals surface area contributed by atoms with Crippen molar-refractivity contribution in [3.05, 3.63) is 15.9 Å². The van der Waals surface area contributed by atoms with Crippen molar-refractivity contribution in [2.75, 3.05) is 26.4 Å². The topological polar surface area (TPSA) is 59.3 Å². The predicted molar refractivity (Wildman–Crippen MR) is 69.9 cm³/mol. The molecule has 5 nitrogen and oxygen atoms in total. The van der Waals surface area contributed by atoms with Crippen LogP contribution in [0.25, 0.3) is 0 Å². The van der Waals surface area contributed by atoms with Crippen molar-refractivity contribution in [3.8, 4) is 0 Å². The summed E-state index contributed by atoms with van der Waals surface area (Å²) in [5, 5.41) is 16.3. The van der Waals surface area contributed by atoms with E-state index in [1.807, 2.05) is 11.6 Å². The highest BCUT2D eigenvalue weighted by Gasteiger charge is 2.10. The van der Waals surface area contributed by atoms with Gasteiger partial charge in [0.05, 0.1) is 35.7 Å². The molecular weight excluding hydrogens is 286 g/mol. The summed E-state index contributed by atoms with van der Waals surface area (Å²) < 4.78 is 8.23. The Morgan fingerprint density at radius 2 is 2.24 bits per heavy atom. The first-order valence-corrected chi connectivity index (χ1v) is 6.61. The summed E-state index contributed by atoms with van der Waals surface area (Å²) in [7, 11) is 0. The summed E-state index contributed by atoms with van der Waals surface area (Å²) >= 11 is 3.55. The second-order valence-corrected chi connectivity index (χ2v) is 4.47. The molecule has 0 unspecified atom stereocenters. The summed E-state index contributed by atoms with van der Waals surface area (Å²) in [6.45, 7) is 7.54. The Hall–Kier alpha value is -0.430. The van der Waals surface area contributed by atoms with Gasteiger partial charge in [-0.05, 0) is 29.8 Å². The highest BCUT2D eigenvalue weighted by atomic mass is 79.9. The minimum absolute atomic E-state index is 0.0767. The highest BCUT2D eigenvalue weighted by molar-refractivity contribution is 9.10. The van der Waals surface area contributed by atoms with Crippen LogP contribution in [0.5, 0.6) is 0 Å². The van der Waals surface area contributed by atoms with E-state index in [1.165, 1.54) is 0 Å². The average molecular weight is 306 g/mol. The average Bonchev–Trinajstić information content (AvgIpc) is 2.60. The molecule has 0 fully saturated rings. The SMILES string of the molecule is CCn1nc(C)c(Br)c1CNCCOCCO. The Balaban J connectivity index is 2.35. The fraction of sp³-hybridized carbons (Fsp3) is 0.727. The molecule has 0 saturated carbocycles. The van der Waals surface area contributed by atoms with Crippen LogP contribution in [-0.4, -0.2) is 41.3 Å². The highest BCUT2D eigenvalue weighted by Crippen LogP contribution is 2.20. The lowest BCUT2D eigenvalue weighted by Crippen LogP contribution is -2.22. The Kier molecular flexibility index (Phi) is 6.72. The molecule has 0 aliphatic heterocycles. The number of aliphatic hydroxyl groups is 1. The van der Waals surface area contributed by atoms with Crippen molar-refractivity contribution in [3.63, 3.8) is 0 Å². The number of hydrogen-bond donors (Lipinski definition) is 2. The third-order valence-corrected chi connectivity index (χ3v) is 3.44. The number of rotatable bonds is 8. The van der Waals surface area contributed by atoms with Crippen molar-refractivity contribution in [1.29, 1.82) is 0 Å². The monoisotopic (exact) mass is 305 g/mol. The minimum atomic E-state index is 0.0767. The van der Waals surface area contributed by atoms with Crippen LogP contribution in [0, 0.1) is 6.92 Å². The Morgan fingerprint density at radius 3 is 2.88 bits per heavy atom. The lowest BCUT2D eigenvalue weighted by atomic mass is 10.3. The van der Waals surface area contributed by atoms with Gasteiger partial charge in [0.1, 0.15) is 0 Å². The molecular formula is C11H20BrN3O2. The van der Waals surface area contributed by atoms with Crippen LogP contribution in [0.2, 0.25) is 0 Å². The van der Waals surface area contributed by atoms with Crippen LogP contribution >= 0.6 is 15.9 Å². The normalized spacial score (nSPS) is 11.1. The molecule has 1 aromatic heterocycles. The Morgan fingerprint density at radius 1 is 1.47 bits per heavy atom. The van der Waals surface area contributed by atoms with E-state index >= 15 is 0 Å².